The standard InChI is InChI=1S/C14H16ClN3O3S/c1-4-21-12-6-5-10(15)7-11(12)13-18(9(3)20)17-14(22-13)16-8(2)19/h5-7,13H,4H2,1-3H3,(H,16,17,19)/t13-/m0/s1. The van der Waals surface area contributed by atoms with Gasteiger partial charge in [-0.05, 0) is 25.1 Å². The Labute approximate surface area is 137 Å². The molecule has 118 valence electrons. The average Bonchev–Trinajstić information content (AvgIpc) is 2.84. The molecule has 1 aliphatic heterocycles. The Bertz CT molecular complexity index is 636. The van der Waals surface area contributed by atoms with E-state index in [0.717, 1.165) is 5.56 Å². The third-order valence-electron chi connectivity index (χ3n) is 2.79. The summed E-state index contributed by atoms with van der Waals surface area (Å²) >= 11 is 7.33. The highest BCUT2D eigenvalue weighted by Crippen LogP contribution is 2.43. The van der Waals surface area contributed by atoms with Crippen LogP contribution < -0.4 is 10.1 Å². The Morgan fingerprint density at radius 3 is 2.77 bits per heavy atom. The molecule has 1 aromatic rings. The lowest BCUT2D eigenvalue weighted by Gasteiger charge is -2.21. The smallest absolute Gasteiger partial charge is 0.241 e. The number of ether oxygens (including phenoxy) is 1. The van der Waals surface area contributed by atoms with Crippen LogP contribution in [0.3, 0.4) is 0 Å². The summed E-state index contributed by atoms with van der Waals surface area (Å²) in [7, 11) is 0. The highest BCUT2D eigenvalue weighted by atomic mass is 35.5. The van der Waals surface area contributed by atoms with Gasteiger partial charge in [-0.15, -0.1) is 5.10 Å². The van der Waals surface area contributed by atoms with Gasteiger partial charge >= 0.3 is 0 Å². The number of rotatable bonds is 3. The fourth-order valence-corrected chi connectivity index (χ4v) is 3.30. The summed E-state index contributed by atoms with van der Waals surface area (Å²) in [4.78, 5) is 23.0. The number of benzene rings is 1. The second-order valence-electron chi connectivity index (χ2n) is 4.54. The zero-order valence-corrected chi connectivity index (χ0v) is 14.0. The van der Waals surface area contributed by atoms with Crippen molar-refractivity contribution in [1.82, 2.24) is 10.3 Å². The van der Waals surface area contributed by atoms with E-state index >= 15 is 0 Å². The zero-order chi connectivity index (χ0) is 16.3. The van der Waals surface area contributed by atoms with Crippen LogP contribution in [0.4, 0.5) is 0 Å². The molecule has 0 unspecified atom stereocenters. The first-order valence-electron chi connectivity index (χ1n) is 6.67. The van der Waals surface area contributed by atoms with Crippen LogP contribution in [0, 0.1) is 0 Å². The van der Waals surface area contributed by atoms with Crippen molar-refractivity contribution in [3.05, 3.63) is 28.8 Å². The van der Waals surface area contributed by atoms with Crippen molar-refractivity contribution < 1.29 is 14.3 Å². The largest absolute Gasteiger partial charge is 0.493 e. The van der Waals surface area contributed by atoms with Gasteiger partial charge in [0.05, 0.1) is 6.61 Å². The lowest BCUT2D eigenvalue weighted by Crippen LogP contribution is -2.25. The van der Waals surface area contributed by atoms with E-state index in [1.54, 1.807) is 18.2 Å². The van der Waals surface area contributed by atoms with Gasteiger partial charge < -0.3 is 10.1 Å². The normalized spacial score (nSPS) is 17.2. The van der Waals surface area contributed by atoms with Crippen molar-refractivity contribution in [1.29, 1.82) is 0 Å². The molecule has 6 nitrogen and oxygen atoms in total. The summed E-state index contributed by atoms with van der Waals surface area (Å²) in [6, 6.07) is 5.23. The molecule has 2 amide bonds. The van der Waals surface area contributed by atoms with Gasteiger partial charge in [0, 0.05) is 24.4 Å². The molecule has 1 aromatic carbocycles. The van der Waals surface area contributed by atoms with Gasteiger partial charge in [0.25, 0.3) is 0 Å². The van der Waals surface area contributed by atoms with Crippen LogP contribution in [-0.2, 0) is 9.59 Å². The lowest BCUT2D eigenvalue weighted by atomic mass is 10.2. The Kier molecular flexibility index (Phi) is 5.31. The van der Waals surface area contributed by atoms with Gasteiger partial charge in [0.15, 0.2) is 5.17 Å². The summed E-state index contributed by atoms with van der Waals surface area (Å²) in [6.07, 6.45) is 0. The minimum absolute atomic E-state index is 0.236. The molecule has 1 N–H and O–H groups in total. The predicted molar refractivity (Wildman–Crippen MR) is 86.7 cm³/mol. The highest BCUT2D eigenvalue weighted by Gasteiger charge is 2.34. The molecule has 1 atom stereocenters. The van der Waals surface area contributed by atoms with Gasteiger partial charge in [0.1, 0.15) is 11.1 Å². The van der Waals surface area contributed by atoms with Crippen LogP contribution in [0.1, 0.15) is 31.7 Å². The molecule has 0 bridgehead atoms. The fourth-order valence-electron chi connectivity index (χ4n) is 1.96. The molecule has 1 heterocycles. The summed E-state index contributed by atoms with van der Waals surface area (Å²) < 4.78 is 5.60. The number of carbonyl (C=O) groups excluding carboxylic acids is 2. The maximum absolute atomic E-state index is 11.8. The van der Waals surface area contributed by atoms with Crippen molar-refractivity contribution in [2.24, 2.45) is 5.10 Å². The first-order chi connectivity index (χ1) is 10.4. The van der Waals surface area contributed by atoms with E-state index in [1.807, 2.05) is 6.92 Å². The number of halogens is 1. The third-order valence-corrected chi connectivity index (χ3v) is 4.11. The molecular formula is C14H16ClN3O3S. The number of amidine groups is 1. The van der Waals surface area contributed by atoms with Crippen LogP contribution in [0.25, 0.3) is 0 Å². The monoisotopic (exact) mass is 341 g/mol. The summed E-state index contributed by atoms with van der Waals surface area (Å²) in [6.45, 7) is 5.17. The van der Waals surface area contributed by atoms with Gasteiger partial charge in [-0.1, -0.05) is 23.4 Å². The highest BCUT2D eigenvalue weighted by molar-refractivity contribution is 8.14. The van der Waals surface area contributed by atoms with E-state index < -0.39 is 5.37 Å². The number of hydrogen-bond acceptors (Lipinski definition) is 5. The number of hydrazone groups is 1. The van der Waals surface area contributed by atoms with Crippen LogP contribution in [0.15, 0.2) is 23.3 Å². The van der Waals surface area contributed by atoms with Crippen molar-refractivity contribution in [2.75, 3.05) is 6.61 Å². The summed E-state index contributed by atoms with van der Waals surface area (Å²) in [5.41, 5.74) is 0.735. The molecule has 0 radical (unpaired) electrons. The summed E-state index contributed by atoms with van der Waals surface area (Å²) in [5, 5.41) is 8.53. The maximum Gasteiger partial charge on any atom is 0.241 e. The minimum atomic E-state index is -0.431. The Morgan fingerprint density at radius 2 is 2.18 bits per heavy atom. The molecule has 22 heavy (non-hydrogen) atoms. The SMILES string of the molecule is CCOc1ccc(Cl)cc1[C@@H]1SC(NC(C)=O)=NN1C(C)=O. The first kappa shape index (κ1) is 16.6. The quantitative estimate of drug-likeness (QED) is 0.917. The molecule has 0 aliphatic carbocycles. The molecule has 1 aliphatic rings. The van der Waals surface area contributed by atoms with Crippen molar-refractivity contribution in [2.45, 2.75) is 26.1 Å². The van der Waals surface area contributed by atoms with Crippen LogP contribution in [0.5, 0.6) is 5.75 Å². The molecule has 0 saturated carbocycles. The zero-order valence-electron chi connectivity index (χ0n) is 12.4. The topological polar surface area (TPSA) is 71.0 Å². The maximum atomic E-state index is 11.8. The average molecular weight is 342 g/mol. The van der Waals surface area contributed by atoms with E-state index in [4.69, 9.17) is 16.3 Å². The Hall–Kier alpha value is -1.73. The Morgan fingerprint density at radius 1 is 1.45 bits per heavy atom. The minimum Gasteiger partial charge on any atom is -0.493 e. The molecule has 0 aromatic heterocycles. The van der Waals surface area contributed by atoms with Crippen molar-refractivity contribution in [3.8, 4) is 5.75 Å². The van der Waals surface area contributed by atoms with Gasteiger partial charge in [0.2, 0.25) is 11.8 Å². The fraction of sp³-hybridized carbons (Fsp3) is 0.357. The van der Waals surface area contributed by atoms with E-state index in [1.165, 1.54) is 30.6 Å². The number of nitrogens with one attached hydrogen (secondary N) is 1. The molecule has 8 heteroatoms. The predicted octanol–water partition coefficient (Wildman–Crippen LogP) is 2.74. The molecular weight excluding hydrogens is 326 g/mol. The van der Waals surface area contributed by atoms with Gasteiger partial charge in [-0.2, -0.15) is 0 Å². The first-order valence-corrected chi connectivity index (χ1v) is 7.93. The second kappa shape index (κ2) is 7.02. The number of hydrogen-bond donors (Lipinski definition) is 1. The Balaban J connectivity index is 2.37. The van der Waals surface area contributed by atoms with Gasteiger partial charge in [-0.25, -0.2) is 5.01 Å². The number of thioether (sulfide) groups is 1. The van der Waals surface area contributed by atoms with Gasteiger partial charge in [-0.3, -0.25) is 9.59 Å². The molecule has 0 fully saturated rings. The van der Waals surface area contributed by atoms with Crippen LogP contribution >= 0.6 is 23.4 Å². The van der Waals surface area contributed by atoms with Crippen LogP contribution in [-0.4, -0.2) is 28.6 Å². The molecule has 0 spiro atoms. The van der Waals surface area contributed by atoms with Crippen molar-refractivity contribution in [3.63, 3.8) is 0 Å². The third kappa shape index (κ3) is 3.72. The summed E-state index contributed by atoms with van der Waals surface area (Å²) in [5.74, 6) is 0.154. The van der Waals surface area contributed by atoms with Crippen LogP contribution in [0.2, 0.25) is 5.02 Å². The van der Waals surface area contributed by atoms with E-state index in [9.17, 15) is 9.59 Å². The molecule has 2 rings (SSSR count). The van der Waals surface area contributed by atoms with E-state index in [2.05, 4.69) is 10.4 Å². The van der Waals surface area contributed by atoms with E-state index in [0.29, 0.717) is 22.5 Å². The van der Waals surface area contributed by atoms with E-state index in [-0.39, 0.29) is 11.8 Å². The second-order valence-corrected chi connectivity index (χ2v) is 6.04. The van der Waals surface area contributed by atoms with Crippen molar-refractivity contribution >= 4 is 40.3 Å². The molecule has 0 saturated heterocycles. The lowest BCUT2D eigenvalue weighted by molar-refractivity contribution is -0.129. The number of carbonyl (C=O) groups is 2. The number of nitrogens with zero attached hydrogens (tertiary/aromatic N) is 2. The number of amides is 2.